The summed E-state index contributed by atoms with van der Waals surface area (Å²) in [7, 11) is 0. The molecule has 6 heteroatoms. The van der Waals surface area contributed by atoms with E-state index in [1.165, 1.54) is 89.9 Å². The predicted molar refractivity (Wildman–Crippen MR) is 162 cm³/mol. The Bertz CT molecular complexity index is 580. The Morgan fingerprint density at radius 3 is 1.38 bits per heavy atom. The van der Waals surface area contributed by atoms with Crippen LogP contribution in [0.3, 0.4) is 0 Å². The van der Waals surface area contributed by atoms with E-state index < -0.39 is 5.97 Å². The quantitative estimate of drug-likeness (QED) is 0.0683. The van der Waals surface area contributed by atoms with E-state index in [1.54, 1.807) is 0 Å². The topological polar surface area (TPSA) is 92.7 Å². The van der Waals surface area contributed by atoms with Gasteiger partial charge in [-0.1, -0.05) is 129 Å². The van der Waals surface area contributed by atoms with Crippen LogP contribution >= 0.6 is 0 Å². The number of rotatable bonds is 30. The van der Waals surface area contributed by atoms with Crippen molar-refractivity contribution in [1.82, 2.24) is 5.32 Å². The molecule has 0 aromatic carbocycles. The number of carboxylic acids is 1. The number of carbonyl (C=O) groups is 3. The van der Waals surface area contributed by atoms with E-state index in [0.29, 0.717) is 12.8 Å². The number of carbonyl (C=O) groups excluding carboxylic acids is 2. The van der Waals surface area contributed by atoms with Gasteiger partial charge < -0.3 is 15.2 Å². The van der Waals surface area contributed by atoms with Crippen LogP contribution in [-0.2, 0) is 19.1 Å². The summed E-state index contributed by atoms with van der Waals surface area (Å²) in [5.41, 5.74) is 0. The first-order valence-corrected chi connectivity index (χ1v) is 16.7. The molecule has 0 aromatic heterocycles. The van der Waals surface area contributed by atoms with Crippen molar-refractivity contribution in [2.75, 3.05) is 6.54 Å². The van der Waals surface area contributed by atoms with Gasteiger partial charge in [-0.15, -0.1) is 0 Å². The first-order chi connectivity index (χ1) is 19.0. The van der Waals surface area contributed by atoms with Gasteiger partial charge in [0.15, 0.2) is 0 Å². The Balaban J connectivity index is 4.04. The molecule has 0 saturated carbocycles. The van der Waals surface area contributed by atoms with Crippen molar-refractivity contribution in [3.05, 3.63) is 0 Å². The number of hydrogen-bond donors (Lipinski definition) is 2. The van der Waals surface area contributed by atoms with Gasteiger partial charge in [0.1, 0.15) is 12.6 Å². The zero-order valence-corrected chi connectivity index (χ0v) is 25.7. The lowest BCUT2D eigenvalue weighted by Gasteiger charge is -2.18. The minimum absolute atomic E-state index is 0.0192. The van der Waals surface area contributed by atoms with Gasteiger partial charge in [-0.25, -0.2) is 0 Å². The van der Waals surface area contributed by atoms with Gasteiger partial charge in [0.25, 0.3) is 0 Å². The second-order valence-corrected chi connectivity index (χ2v) is 11.4. The van der Waals surface area contributed by atoms with E-state index in [0.717, 1.165) is 64.2 Å². The maximum absolute atomic E-state index is 12.5. The summed E-state index contributed by atoms with van der Waals surface area (Å²) in [6.07, 6.45) is 29.3. The van der Waals surface area contributed by atoms with Gasteiger partial charge in [0.2, 0.25) is 5.91 Å². The van der Waals surface area contributed by atoms with Crippen molar-refractivity contribution in [3.8, 4) is 0 Å². The van der Waals surface area contributed by atoms with Crippen molar-refractivity contribution >= 4 is 17.8 Å². The van der Waals surface area contributed by atoms with Crippen LogP contribution in [0.15, 0.2) is 0 Å². The number of esters is 1. The molecule has 230 valence electrons. The molecule has 1 unspecified atom stereocenters. The minimum Gasteiger partial charge on any atom is -0.480 e. The average molecular weight is 554 g/mol. The summed E-state index contributed by atoms with van der Waals surface area (Å²) in [6.45, 7) is 4.19. The monoisotopic (exact) mass is 553 g/mol. The number of nitrogens with one attached hydrogen (secondary N) is 1. The molecule has 0 spiro atoms. The number of hydrogen-bond acceptors (Lipinski definition) is 4. The first kappa shape index (κ1) is 37.4. The normalized spacial score (nSPS) is 11.8. The molecule has 0 aliphatic carbocycles. The molecule has 0 radical (unpaired) electrons. The smallest absolute Gasteiger partial charge is 0.322 e. The first-order valence-electron chi connectivity index (χ1n) is 16.7. The third kappa shape index (κ3) is 29.2. The summed E-state index contributed by atoms with van der Waals surface area (Å²) >= 11 is 0. The zero-order valence-electron chi connectivity index (χ0n) is 25.7. The summed E-state index contributed by atoms with van der Waals surface area (Å²) in [4.78, 5) is 34.6. The lowest BCUT2D eigenvalue weighted by Crippen LogP contribution is -2.28. The molecule has 0 heterocycles. The zero-order chi connectivity index (χ0) is 28.8. The van der Waals surface area contributed by atoms with Crippen LogP contribution in [0.25, 0.3) is 0 Å². The van der Waals surface area contributed by atoms with Crippen LogP contribution in [0.1, 0.15) is 181 Å². The summed E-state index contributed by atoms with van der Waals surface area (Å²) in [5, 5.41) is 11.0. The van der Waals surface area contributed by atoms with Crippen molar-refractivity contribution in [1.29, 1.82) is 0 Å². The van der Waals surface area contributed by atoms with E-state index >= 15 is 0 Å². The molecule has 1 amide bonds. The van der Waals surface area contributed by atoms with Crippen LogP contribution in [-0.4, -0.2) is 35.6 Å². The highest BCUT2D eigenvalue weighted by molar-refractivity contribution is 5.80. The Morgan fingerprint density at radius 2 is 0.949 bits per heavy atom. The third-order valence-electron chi connectivity index (χ3n) is 7.53. The van der Waals surface area contributed by atoms with E-state index in [1.807, 2.05) is 0 Å². The van der Waals surface area contributed by atoms with E-state index in [4.69, 9.17) is 9.84 Å². The maximum atomic E-state index is 12.5. The van der Waals surface area contributed by atoms with Crippen LogP contribution in [0, 0.1) is 0 Å². The van der Waals surface area contributed by atoms with Crippen molar-refractivity contribution in [2.45, 2.75) is 187 Å². The summed E-state index contributed by atoms with van der Waals surface area (Å²) in [6, 6.07) is 0. The Labute approximate surface area is 240 Å². The molecule has 0 fully saturated rings. The van der Waals surface area contributed by atoms with Gasteiger partial charge >= 0.3 is 11.9 Å². The van der Waals surface area contributed by atoms with Crippen molar-refractivity contribution in [2.24, 2.45) is 0 Å². The van der Waals surface area contributed by atoms with Gasteiger partial charge in [-0.3, -0.25) is 14.4 Å². The van der Waals surface area contributed by atoms with Crippen LogP contribution < -0.4 is 5.32 Å². The standard InChI is InChI=1S/C33H63NO5/c1-3-5-7-9-11-12-13-14-15-20-24-28-33(38)39-30(25-21-17-10-8-6-4-2)26-22-18-16-19-23-27-31(35)34-29-32(36)37/h30H,3-29H2,1-2H3,(H,34,35)(H,36,37). The molecule has 2 N–H and O–H groups in total. The highest BCUT2D eigenvalue weighted by Crippen LogP contribution is 2.18. The lowest BCUT2D eigenvalue weighted by molar-refractivity contribution is -0.150. The maximum Gasteiger partial charge on any atom is 0.322 e. The molecule has 0 saturated heterocycles. The van der Waals surface area contributed by atoms with Gasteiger partial charge in [0, 0.05) is 12.8 Å². The van der Waals surface area contributed by atoms with E-state index in [2.05, 4.69) is 19.2 Å². The molecule has 0 aromatic rings. The van der Waals surface area contributed by atoms with Crippen molar-refractivity contribution < 1.29 is 24.2 Å². The highest BCUT2D eigenvalue weighted by atomic mass is 16.5. The SMILES string of the molecule is CCCCCCCCCCCCCC(=O)OC(CCCCCCCC)CCCCCCCC(=O)NCC(=O)O. The summed E-state index contributed by atoms with van der Waals surface area (Å²) < 4.78 is 5.94. The molecule has 1 atom stereocenters. The Morgan fingerprint density at radius 1 is 0.564 bits per heavy atom. The number of amides is 1. The predicted octanol–water partition coefficient (Wildman–Crippen LogP) is 9.28. The molecular weight excluding hydrogens is 490 g/mol. The molecule has 0 aliphatic heterocycles. The highest BCUT2D eigenvalue weighted by Gasteiger charge is 2.14. The fraction of sp³-hybridized carbons (Fsp3) is 0.909. The molecule has 0 rings (SSSR count). The molecule has 6 nitrogen and oxygen atoms in total. The third-order valence-corrected chi connectivity index (χ3v) is 7.53. The van der Waals surface area contributed by atoms with Gasteiger partial charge in [-0.05, 0) is 38.5 Å². The Hall–Kier alpha value is -1.59. The van der Waals surface area contributed by atoms with Crippen LogP contribution in [0.5, 0.6) is 0 Å². The number of aliphatic carboxylic acids is 1. The van der Waals surface area contributed by atoms with E-state index in [9.17, 15) is 14.4 Å². The lowest BCUT2D eigenvalue weighted by atomic mass is 10.0. The number of ether oxygens (including phenoxy) is 1. The molecule has 39 heavy (non-hydrogen) atoms. The Kier molecular flexibility index (Phi) is 28.2. The van der Waals surface area contributed by atoms with Crippen LogP contribution in [0.2, 0.25) is 0 Å². The molecular formula is C33H63NO5. The number of unbranched alkanes of at least 4 members (excludes halogenated alkanes) is 19. The summed E-state index contributed by atoms with van der Waals surface area (Å²) in [5.74, 6) is -1.23. The average Bonchev–Trinajstić information content (AvgIpc) is 2.91. The fourth-order valence-electron chi connectivity index (χ4n) is 5.04. The fourth-order valence-corrected chi connectivity index (χ4v) is 5.04. The van der Waals surface area contributed by atoms with Gasteiger partial charge in [0.05, 0.1) is 0 Å². The largest absolute Gasteiger partial charge is 0.480 e. The van der Waals surface area contributed by atoms with Crippen LogP contribution in [0.4, 0.5) is 0 Å². The second kappa shape index (κ2) is 29.4. The van der Waals surface area contributed by atoms with Crippen molar-refractivity contribution in [3.63, 3.8) is 0 Å². The van der Waals surface area contributed by atoms with E-state index in [-0.39, 0.29) is 24.5 Å². The number of carboxylic acid groups (broad SMARTS) is 1. The second-order valence-electron chi connectivity index (χ2n) is 11.4. The van der Waals surface area contributed by atoms with Gasteiger partial charge in [-0.2, -0.15) is 0 Å². The minimum atomic E-state index is -1.02. The molecule has 0 aliphatic rings. The molecule has 0 bridgehead atoms.